The lowest BCUT2D eigenvalue weighted by Gasteiger charge is -2.32. The summed E-state index contributed by atoms with van der Waals surface area (Å²) in [6.07, 6.45) is 5.64. The molecule has 0 radical (unpaired) electrons. The van der Waals surface area contributed by atoms with Crippen LogP contribution >= 0.6 is 17.0 Å². The van der Waals surface area contributed by atoms with Crippen LogP contribution in [-0.2, 0) is 0 Å². The number of halogens is 1. The zero-order valence-electron chi connectivity index (χ0n) is 21.4. The number of fused-ring (bicyclic) bond motifs is 1. The number of piperidine rings is 1. The van der Waals surface area contributed by atoms with Crippen molar-refractivity contribution in [2.75, 3.05) is 26.2 Å². The number of pyridine rings is 1. The van der Waals surface area contributed by atoms with E-state index in [1.54, 1.807) is 0 Å². The van der Waals surface area contributed by atoms with E-state index in [-0.39, 0.29) is 29.2 Å². The fraction of sp³-hybridized carbons (Fsp3) is 0.483. The van der Waals surface area contributed by atoms with Crippen LogP contribution in [0.2, 0.25) is 0 Å². The van der Waals surface area contributed by atoms with Gasteiger partial charge in [-0.05, 0) is 95.8 Å². The molecule has 6 heteroatoms. The van der Waals surface area contributed by atoms with Crippen LogP contribution in [0, 0.1) is 0 Å². The summed E-state index contributed by atoms with van der Waals surface area (Å²) in [6.45, 7) is 12.1. The van der Waals surface area contributed by atoms with Gasteiger partial charge in [-0.25, -0.2) is 0 Å². The van der Waals surface area contributed by atoms with Crippen molar-refractivity contribution in [1.29, 1.82) is 0 Å². The molecule has 0 saturated carbocycles. The molecule has 190 valence electrons. The van der Waals surface area contributed by atoms with Gasteiger partial charge in [0.25, 0.3) is 0 Å². The maximum absolute atomic E-state index is 6.10. The van der Waals surface area contributed by atoms with Crippen LogP contribution in [0.3, 0.4) is 0 Å². The second-order valence-electron chi connectivity index (χ2n) is 9.72. The summed E-state index contributed by atoms with van der Waals surface area (Å²) >= 11 is 0. The van der Waals surface area contributed by atoms with Crippen LogP contribution in [0.4, 0.5) is 0 Å². The molecule has 0 amide bonds. The van der Waals surface area contributed by atoms with E-state index >= 15 is 0 Å². The molecule has 0 spiro atoms. The van der Waals surface area contributed by atoms with Gasteiger partial charge in [-0.1, -0.05) is 18.2 Å². The molecule has 35 heavy (non-hydrogen) atoms. The Kier molecular flexibility index (Phi) is 10.2. The molecule has 4 rings (SSSR count). The molecule has 1 saturated heterocycles. The van der Waals surface area contributed by atoms with E-state index in [9.17, 15) is 0 Å². The third-order valence-electron chi connectivity index (χ3n) is 6.20. The van der Waals surface area contributed by atoms with Crippen molar-refractivity contribution in [3.05, 3.63) is 60.3 Å². The van der Waals surface area contributed by atoms with Crippen molar-refractivity contribution < 1.29 is 14.2 Å². The highest BCUT2D eigenvalue weighted by Crippen LogP contribution is 2.33. The predicted octanol–water partition coefficient (Wildman–Crippen LogP) is 7.04. The average Bonchev–Trinajstić information content (AvgIpc) is 2.82. The molecule has 0 atom stereocenters. The Balaban J connectivity index is 0.00000342. The summed E-state index contributed by atoms with van der Waals surface area (Å²) in [5, 5.41) is 1.24. The Hall–Kier alpha value is -2.31. The van der Waals surface area contributed by atoms with Crippen LogP contribution in [-0.4, -0.2) is 48.3 Å². The third kappa shape index (κ3) is 7.84. The van der Waals surface area contributed by atoms with E-state index in [0.29, 0.717) is 12.5 Å². The first-order valence-electron chi connectivity index (χ1n) is 12.6. The van der Waals surface area contributed by atoms with Gasteiger partial charge >= 0.3 is 0 Å². The lowest BCUT2D eigenvalue weighted by molar-refractivity contribution is 0.185. The number of benzene rings is 2. The minimum Gasteiger partial charge on any atom is -0.491 e. The van der Waals surface area contributed by atoms with Crippen molar-refractivity contribution in [3.63, 3.8) is 0 Å². The molecule has 0 N–H and O–H groups in total. The van der Waals surface area contributed by atoms with Gasteiger partial charge in [-0.2, -0.15) is 0 Å². The highest BCUT2D eigenvalue weighted by molar-refractivity contribution is 8.93. The van der Waals surface area contributed by atoms with Gasteiger partial charge < -0.3 is 19.1 Å². The Bertz CT molecular complexity index is 1060. The van der Waals surface area contributed by atoms with Crippen molar-refractivity contribution in [3.8, 4) is 17.2 Å². The van der Waals surface area contributed by atoms with Crippen molar-refractivity contribution in [2.45, 2.75) is 65.1 Å². The summed E-state index contributed by atoms with van der Waals surface area (Å²) in [5.41, 5.74) is 2.46. The quantitative estimate of drug-likeness (QED) is 0.257. The summed E-state index contributed by atoms with van der Waals surface area (Å²) in [6, 6.07) is 16.5. The Labute approximate surface area is 220 Å². The molecule has 5 nitrogen and oxygen atoms in total. The fourth-order valence-corrected chi connectivity index (χ4v) is 4.57. The smallest absolute Gasteiger partial charge is 0.165 e. The van der Waals surface area contributed by atoms with Crippen LogP contribution in [0.5, 0.6) is 17.2 Å². The Morgan fingerprint density at radius 1 is 0.914 bits per heavy atom. The van der Waals surface area contributed by atoms with E-state index in [1.807, 2.05) is 52.0 Å². The topological polar surface area (TPSA) is 43.8 Å². The number of rotatable bonds is 10. The molecular weight excluding hydrogens is 504 g/mol. The third-order valence-corrected chi connectivity index (χ3v) is 6.20. The Morgan fingerprint density at radius 2 is 1.66 bits per heavy atom. The fourth-order valence-electron chi connectivity index (χ4n) is 4.57. The van der Waals surface area contributed by atoms with Crippen LogP contribution < -0.4 is 14.2 Å². The SMILES string of the molecule is Br.CC(C)Oc1ccc(OCCCN2CCC(c3cnc4ccccc4c3)CC2)c(OC(C)C)c1. The first-order chi connectivity index (χ1) is 16.5. The van der Waals surface area contributed by atoms with Gasteiger partial charge in [-0.3, -0.25) is 4.98 Å². The number of para-hydroxylation sites is 1. The van der Waals surface area contributed by atoms with Crippen LogP contribution in [0.25, 0.3) is 10.9 Å². The van der Waals surface area contributed by atoms with Crippen molar-refractivity contribution in [1.82, 2.24) is 9.88 Å². The molecular formula is C29H39BrN2O3. The molecule has 1 aromatic heterocycles. The highest BCUT2D eigenvalue weighted by Gasteiger charge is 2.21. The van der Waals surface area contributed by atoms with E-state index in [0.717, 1.165) is 48.8 Å². The number of ether oxygens (including phenoxy) is 3. The van der Waals surface area contributed by atoms with E-state index in [2.05, 4.69) is 40.3 Å². The number of aromatic nitrogens is 1. The minimum atomic E-state index is 0. The molecule has 1 fully saturated rings. The predicted molar refractivity (Wildman–Crippen MR) is 149 cm³/mol. The van der Waals surface area contributed by atoms with Crippen LogP contribution in [0.1, 0.15) is 58.4 Å². The van der Waals surface area contributed by atoms with E-state index in [1.165, 1.54) is 23.8 Å². The molecule has 0 aliphatic carbocycles. The maximum Gasteiger partial charge on any atom is 0.165 e. The summed E-state index contributed by atoms with van der Waals surface area (Å²) in [4.78, 5) is 7.22. The average molecular weight is 544 g/mol. The first-order valence-corrected chi connectivity index (χ1v) is 12.6. The highest BCUT2D eigenvalue weighted by atomic mass is 79.9. The second kappa shape index (κ2) is 13.1. The molecule has 0 bridgehead atoms. The van der Waals surface area contributed by atoms with Crippen LogP contribution in [0.15, 0.2) is 54.7 Å². The van der Waals surface area contributed by atoms with Gasteiger partial charge in [0.1, 0.15) is 5.75 Å². The molecule has 2 heterocycles. The van der Waals surface area contributed by atoms with Crippen molar-refractivity contribution >= 4 is 27.9 Å². The van der Waals surface area contributed by atoms with Gasteiger partial charge in [0.15, 0.2) is 11.5 Å². The van der Waals surface area contributed by atoms with Crippen molar-refractivity contribution in [2.24, 2.45) is 0 Å². The standard InChI is InChI=1S/C29H38N2O3.BrH/c1-21(2)33-26-10-11-28(29(19-26)34-22(3)4)32-17-7-14-31-15-12-23(13-16-31)25-18-24-8-5-6-9-27(24)30-20-25;/h5-6,8-11,18-23H,7,12-17H2,1-4H3;1H. The Morgan fingerprint density at radius 3 is 2.40 bits per heavy atom. The maximum atomic E-state index is 6.10. The van der Waals surface area contributed by atoms with Gasteiger partial charge in [0, 0.05) is 24.2 Å². The number of nitrogens with zero attached hydrogens (tertiary/aromatic N) is 2. The summed E-state index contributed by atoms with van der Waals surface area (Å²) in [7, 11) is 0. The monoisotopic (exact) mass is 542 g/mol. The minimum absolute atomic E-state index is 0. The summed E-state index contributed by atoms with van der Waals surface area (Å²) in [5.74, 6) is 2.94. The summed E-state index contributed by atoms with van der Waals surface area (Å²) < 4.78 is 17.9. The lowest BCUT2D eigenvalue weighted by atomic mass is 9.90. The lowest BCUT2D eigenvalue weighted by Crippen LogP contribution is -2.34. The van der Waals surface area contributed by atoms with Gasteiger partial charge in [0.2, 0.25) is 0 Å². The number of hydrogen-bond acceptors (Lipinski definition) is 5. The molecule has 0 unspecified atom stereocenters. The van der Waals surface area contributed by atoms with Gasteiger partial charge in [-0.15, -0.1) is 17.0 Å². The molecule has 1 aliphatic heterocycles. The zero-order valence-corrected chi connectivity index (χ0v) is 23.1. The molecule has 1 aliphatic rings. The van der Waals surface area contributed by atoms with E-state index < -0.39 is 0 Å². The normalized spacial score (nSPS) is 14.8. The van der Waals surface area contributed by atoms with Gasteiger partial charge in [0.05, 0.1) is 24.3 Å². The number of hydrogen-bond donors (Lipinski definition) is 0. The zero-order chi connectivity index (χ0) is 23.9. The first kappa shape index (κ1) is 27.3. The second-order valence-corrected chi connectivity index (χ2v) is 9.72. The van der Waals surface area contributed by atoms with E-state index in [4.69, 9.17) is 14.2 Å². The molecule has 2 aromatic carbocycles. The largest absolute Gasteiger partial charge is 0.491 e. The number of likely N-dealkylation sites (tertiary alicyclic amines) is 1. The molecule has 3 aromatic rings.